The van der Waals surface area contributed by atoms with E-state index in [1.54, 1.807) is 18.2 Å². The molecule has 1 aromatic rings. The maximum Gasteiger partial charge on any atom is 0.244 e. The molecule has 1 rings (SSSR count). The van der Waals surface area contributed by atoms with Crippen LogP contribution in [0.2, 0.25) is 10.0 Å². The summed E-state index contributed by atoms with van der Waals surface area (Å²) in [6, 6.07) is 4.81. The molecule has 0 amide bonds. The number of hydrogen-bond donors (Lipinski definition) is 1. The zero-order valence-electron chi connectivity index (χ0n) is 6.67. The van der Waals surface area contributed by atoms with Gasteiger partial charge in [-0.2, -0.15) is 0 Å². The minimum absolute atomic E-state index is 0.0152. The number of aliphatic hydroxyl groups excluding tert-OH is 1. The topological polar surface area (TPSA) is 24.6 Å². The number of nitrogens with zero attached hydrogens (tertiary/aromatic N) is 1. The normalized spacial score (nSPS) is 12.2. The molecule has 0 radical (unpaired) electrons. The lowest BCUT2D eigenvalue weighted by molar-refractivity contribution is 0.195. The van der Waals surface area contributed by atoms with E-state index in [-0.39, 0.29) is 6.54 Å². The van der Waals surface area contributed by atoms with Gasteiger partial charge in [-0.05, 0) is 12.1 Å². The molecule has 0 saturated heterocycles. The predicted molar refractivity (Wildman–Crippen MR) is 52.9 cm³/mol. The number of hydrogen-bond acceptors (Lipinski definition) is 1. The van der Waals surface area contributed by atoms with Gasteiger partial charge in [0.05, 0.1) is 0 Å². The Hall–Kier alpha value is -0.750. The summed E-state index contributed by atoms with van der Waals surface area (Å²) in [6.07, 6.45) is -0.831. The first-order valence-corrected chi connectivity index (χ1v) is 4.37. The van der Waals surface area contributed by atoms with Crippen molar-refractivity contribution < 1.29 is 5.11 Å². The first kappa shape index (κ1) is 10.3. The molecule has 0 aromatic heterocycles. The highest BCUT2D eigenvalue weighted by atomic mass is 35.5. The average molecular weight is 216 g/mol. The van der Waals surface area contributed by atoms with E-state index < -0.39 is 6.10 Å². The van der Waals surface area contributed by atoms with Crippen molar-refractivity contribution in [2.24, 2.45) is 0 Å². The Balaban J connectivity index is 2.96. The first-order valence-electron chi connectivity index (χ1n) is 3.61. The first-order chi connectivity index (χ1) is 6.15. The zero-order valence-corrected chi connectivity index (χ0v) is 8.18. The molecule has 4 heteroatoms. The van der Waals surface area contributed by atoms with E-state index in [1.165, 1.54) is 0 Å². The Morgan fingerprint density at radius 2 is 2.15 bits per heavy atom. The highest BCUT2D eigenvalue weighted by Crippen LogP contribution is 2.26. The van der Waals surface area contributed by atoms with Crippen molar-refractivity contribution >= 4 is 23.2 Å². The van der Waals surface area contributed by atoms with Crippen LogP contribution in [0, 0.1) is 6.57 Å². The summed E-state index contributed by atoms with van der Waals surface area (Å²) in [7, 11) is 0. The molecule has 0 fully saturated rings. The van der Waals surface area contributed by atoms with Gasteiger partial charge in [-0.25, -0.2) is 6.57 Å². The summed E-state index contributed by atoms with van der Waals surface area (Å²) < 4.78 is 0. The van der Waals surface area contributed by atoms with Gasteiger partial charge in [-0.1, -0.05) is 29.3 Å². The molecule has 0 saturated carbocycles. The van der Waals surface area contributed by atoms with Crippen molar-refractivity contribution in [2.45, 2.75) is 6.10 Å². The van der Waals surface area contributed by atoms with E-state index in [9.17, 15) is 5.11 Å². The maximum absolute atomic E-state index is 9.45. The highest BCUT2D eigenvalue weighted by molar-refractivity contribution is 6.35. The van der Waals surface area contributed by atoms with E-state index >= 15 is 0 Å². The van der Waals surface area contributed by atoms with Crippen LogP contribution in [0.4, 0.5) is 0 Å². The molecule has 1 unspecified atom stereocenters. The van der Waals surface area contributed by atoms with Gasteiger partial charge in [-0.3, -0.25) is 0 Å². The Morgan fingerprint density at radius 1 is 1.46 bits per heavy atom. The van der Waals surface area contributed by atoms with Crippen molar-refractivity contribution in [2.75, 3.05) is 6.54 Å². The monoisotopic (exact) mass is 215 g/mol. The quantitative estimate of drug-likeness (QED) is 0.755. The average Bonchev–Trinajstić information content (AvgIpc) is 2.04. The molecular weight excluding hydrogens is 209 g/mol. The summed E-state index contributed by atoms with van der Waals surface area (Å²) >= 11 is 11.5. The molecule has 0 aliphatic rings. The summed E-state index contributed by atoms with van der Waals surface area (Å²) in [5.41, 5.74) is 0.544. The van der Waals surface area contributed by atoms with Gasteiger partial charge < -0.3 is 9.95 Å². The van der Waals surface area contributed by atoms with Gasteiger partial charge in [0, 0.05) is 15.6 Å². The molecule has 1 atom stereocenters. The van der Waals surface area contributed by atoms with Gasteiger partial charge in [0.25, 0.3) is 0 Å². The molecule has 0 bridgehead atoms. The van der Waals surface area contributed by atoms with Crippen LogP contribution in [0.15, 0.2) is 18.2 Å². The van der Waals surface area contributed by atoms with Crippen LogP contribution < -0.4 is 0 Å². The molecular formula is C9H7Cl2NO. The summed E-state index contributed by atoms with van der Waals surface area (Å²) in [5.74, 6) is 0. The van der Waals surface area contributed by atoms with E-state index in [4.69, 9.17) is 29.8 Å². The second-order valence-electron chi connectivity index (χ2n) is 2.52. The van der Waals surface area contributed by atoms with Crippen LogP contribution in [0.5, 0.6) is 0 Å². The van der Waals surface area contributed by atoms with Gasteiger partial charge in [0.1, 0.15) is 0 Å². The molecule has 1 N–H and O–H groups in total. The fraction of sp³-hybridized carbons (Fsp3) is 0.222. The molecule has 0 aliphatic carbocycles. The molecule has 0 aliphatic heterocycles. The number of halogens is 2. The van der Waals surface area contributed by atoms with Crippen molar-refractivity contribution in [3.63, 3.8) is 0 Å². The van der Waals surface area contributed by atoms with E-state index in [0.29, 0.717) is 15.6 Å². The van der Waals surface area contributed by atoms with Crippen LogP contribution in [0.3, 0.4) is 0 Å². The minimum atomic E-state index is -0.831. The Bertz CT molecular complexity index is 346. The molecule has 0 spiro atoms. The van der Waals surface area contributed by atoms with E-state index in [2.05, 4.69) is 4.85 Å². The Labute approximate surface area is 86.5 Å². The lowest BCUT2D eigenvalue weighted by Crippen LogP contribution is -2.00. The third kappa shape index (κ3) is 2.60. The van der Waals surface area contributed by atoms with Crippen molar-refractivity contribution in [1.29, 1.82) is 0 Å². The zero-order chi connectivity index (χ0) is 9.84. The molecule has 2 nitrogen and oxygen atoms in total. The molecule has 13 heavy (non-hydrogen) atoms. The number of benzene rings is 1. The summed E-state index contributed by atoms with van der Waals surface area (Å²) in [4.78, 5) is 3.08. The summed E-state index contributed by atoms with van der Waals surface area (Å²) in [6.45, 7) is 6.61. The van der Waals surface area contributed by atoms with Crippen LogP contribution in [0.25, 0.3) is 4.85 Å². The van der Waals surface area contributed by atoms with E-state index in [1.807, 2.05) is 0 Å². The number of aliphatic hydroxyl groups is 1. The Morgan fingerprint density at radius 3 is 2.69 bits per heavy atom. The van der Waals surface area contributed by atoms with Crippen LogP contribution in [-0.4, -0.2) is 11.7 Å². The van der Waals surface area contributed by atoms with Crippen LogP contribution in [0.1, 0.15) is 11.7 Å². The van der Waals surface area contributed by atoms with Gasteiger partial charge >= 0.3 is 0 Å². The Kier molecular flexibility index (Phi) is 3.56. The predicted octanol–water partition coefficient (Wildman–Crippen LogP) is 2.95. The summed E-state index contributed by atoms with van der Waals surface area (Å²) in [5, 5.41) is 10.4. The second kappa shape index (κ2) is 4.48. The standard InChI is InChI=1S/C9H7Cl2NO/c1-12-5-9(13)7-3-2-6(10)4-8(7)11/h2-4,9,13H,5H2. The SMILES string of the molecule is [C-]#[N+]CC(O)c1ccc(Cl)cc1Cl. The maximum atomic E-state index is 9.45. The second-order valence-corrected chi connectivity index (χ2v) is 3.37. The van der Waals surface area contributed by atoms with Crippen molar-refractivity contribution in [3.8, 4) is 0 Å². The molecule has 0 heterocycles. The third-order valence-corrected chi connectivity index (χ3v) is 2.15. The van der Waals surface area contributed by atoms with Crippen LogP contribution in [-0.2, 0) is 0 Å². The van der Waals surface area contributed by atoms with Gasteiger partial charge in [0.15, 0.2) is 6.10 Å². The highest BCUT2D eigenvalue weighted by Gasteiger charge is 2.13. The largest absolute Gasteiger partial charge is 0.381 e. The molecule has 68 valence electrons. The van der Waals surface area contributed by atoms with Crippen molar-refractivity contribution in [1.82, 2.24) is 0 Å². The fourth-order valence-corrected chi connectivity index (χ4v) is 1.49. The van der Waals surface area contributed by atoms with Gasteiger partial charge in [-0.15, -0.1) is 0 Å². The third-order valence-electron chi connectivity index (χ3n) is 1.59. The smallest absolute Gasteiger partial charge is 0.244 e. The van der Waals surface area contributed by atoms with Crippen molar-refractivity contribution in [3.05, 3.63) is 45.2 Å². The molecule has 1 aromatic carbocycles. The lowest BCUT2D eigenvalue weighted by Gasteiger charge is -2.06. The number of rotatable bonds is 2. The van der Waals surface area contributed by atoms with Crippen LogP contribution >= 0.6 is 23.2 Å². The van der Waals surface area contributed by atoms with Gasteiger partial charge in [0.2, 0.25) is 6.54 Å². The lowest BCUT2D eigenvalue weighted by atomic mass is 10.1. The fourth-order valence-electron chi connectivity index (χ4n) is 0.957. The van der Waals surface area contributed by atoms with E-state index in [0.717, 1.165) is 0 Å². The minimum Gasteiger partial charge on any atom is -0.381 e.